The van der Waals surface area contributed by atoms with Crippen LogP contribution in [0.25, 0.3) is 0 Å². The van der Waals surface area contributed by atoms with Crippen molar-refractivity contribution in [3.8, 4) is 0 Å². The summed E-state index contributed by atoms with van der Waals surface area (Å²) >= 11 is 0. The van der Waals surface area contributed by atoms with E-state index >= 15 is 0 Å². The molecule has 0 bridgehead atoms. The maximum Gasteiger partial charge on any atom is 0.319 e. The Hall–Kier alpha value is -2.65. The van der Waals surface area contributed by atoms with E-state index in [1.54, 1.807) is 36.4 Å². The molecule has 150 valence electrons. The van der Waals surface area contributed by atoms with Crippen molar-refractivity contribution in [3.63, 3.8) is 0 Å². The molecule has 0 radical (unpaired) electrons. The van der Waals surface area contributed by atoms with Crippen molar-refractivity contribution in [2.45, 2.75) is 0 Å². The highest BCUT2D eigenvalue weighted by atomic mass is 32.2. The minimum Gasteiger partial charge on any atom is -0.369 e. The molecule has 9 heteroatoms. The average Bonchev–Trinajstić information content (AvgIpc) is 2.69. The van der Waals surface area contributed by atoms with Gasteiger partial charge in [-0.2, -0.15) is 4.31 Å². The maximum atomic E-state index is 13.0. The molecular weight excluding hydrogens is 383 g/mol. The lowest BCUT2D eigenvalue weighted by molar-refractivity contribution is 0.252. The number of hydrogen-bond donors (Lipinski definition) is 2. The van der Waals surface area contributed by atoms with Gasteiger partial charge >= 0.3 is 6.03 Å². The van der Waals surface area contributed by atoms with Crippen LogP contribution in [-0.2, 0) is 10.0 Å². The highest BCUT2D eigenvalue weighted by Crippen LogP contribution is 2.18. The first-order valence-electron chi connectivity index (χ1n) is 9.02. The zero-order valence-corrected chi connectivity index (χ0v) is 16.2. The van der Waals surface area contributed by atoms with E-state index < -0.39 is 16.1 Å². The number of nitrogens with one attached hydrogen (secondary N) is 2. The standard InChI is InChI=1S/C19H23FN4O3S/c20-16-6-8-18(9-7-16)23-11-13-24(14-12-23)28(26,27)15-10-21-19(25)22-17-4-2-1-3-5-17/h1-9H,10-15H2,(H2,21,22,25). The fourth-order valence-corrected chi connectivity index (χ4v) is 4.33. The molecule has 0 atom stereocenters. The van der Waals surface area contributed by atoms with Crippen LogP contribution >= 0.6 is 0 Å². The lowest BCUT2D eigenvalue weighted by Crippen LogP contribution is -2.50. The number of amides is 2. The van der Waals surface area contributed by atoms with E-state index in [2.05, 4.69) is 10.6 Å². The Kier molecular flexibility index (Phi) is 6.48. The van der Waals surface area contributed by atoms with Crippen molar-refractivity contribution >= 4 is 27.4 Å². The Morgan fingerprint density at radius 1 is 0.964 bits per heavy atom. The second kappa shape index (κ2) is 9.03. The number of rotatable bonds is 6. The lowest BCUT2D eigenvalue weighted by atomic mass is 10.2. The third kappa shape index (κ3) is 5.43. The molecule has 1 aliphatic rings. The Morgan fingerprint density at radius 3 is 2.25 bits per heavy atom. The molecule has 0 aliphatic carbocycles. The van der Waals surface area contributed by atoms with Gasteiger partial charge in [0.15, 0.2) is 0 Å². The van der Waals surface area contributed by atoms with Gasteiger partial charge in [0.1, 0.15) is 5.82 Å². The Morgan fingerprint density at radius 2 is 1.61 bits per heavy atom. The number of para-hydroxylation sites is 1. The minimum atomic E-state index is -3.46. The summed E-state index contributed by atoms with van der Waals surface area (Å²) in [6.45, 7) is 1.81. The third-order valence-electron chi connectivity index (χ3n) is 4.50. The SMILES string of the molecule is O=C(NCCS(=O)(=O)N1CCN(c2ccc(F)cc2)CC1)Nc1ccccc1. The largest absolute Gasteiger partial charge is 0.369 e. The van der Waals surface area contributed by atoms with E-state index in [9.17, 15) is 17.6 Å². The second-order valence-corrected chi connectivity index (χ2v) is 8.51. The van der Waals surface area contributed by atoms with Crippen molar-refractivity contribution in [3.05, 3.63) is 60.4 Å². The number of anilines is 2. The van der Waals surface area contributed by atoms with Gasteiger partial charge in [-0.15, -0.1) is 0 Å². The van der Waals surface area contributed by atoms with E-state index in [0.717, 1.165) is 5.69 Å². The van der Waals surface area contributed by atoms with Gasteiger partial charge in [0.05, 0.1) is 5.75 Å². The average molecular weight is 406 g/mol. The molecule has 1 aliphatic heterocycles. The number of hydrogen-bond acceptors (Lipinski definition) is 4. The first kappa shape index (κ1) is 20.1. The highest BCUT2D eigenvalue weighted by molar-refractivity contribution is 7.89. The van der Waals surface area contributed by atoms with Crippen LogP contribution in [0.5, 0.6) is 0 Å². The molecule has 0 saturated carbocycles. The van der Waals surface area contributed by atoms with Crippen molar-refractivity contribution in [2.24, 2.45) is 0 Å². The van der Waals surface area contributed by atoms with Gasteiger partial charge in [-0.05, 0) is 36.4 Å². The first-order valence-corrected chi connectivity index (χ1v) is 10.6. The predicted octanol–water partition coefficient (Wildman–Crippen LogP) is 2.10. The number of carbonyl (C=O) groups is 1. The quantitative estimate of drug-likeness (QED) is 0.770. The second-order valence-electron chi connectivity index (χ2n) is 6.43. The van der Waals surface area contributed by atoms with Gasteiger partial charge in [-0.1, -0.05) is 18.2 Å². The number of urea groups is 1. The molecule has 0 unspecified atom stereocenters. The number of halogens is 1. The van der Waals surface area contributed by atoms with Crippen molar-refractivity contribution in [2.75, 3.05) is 48.7 Å². The number of nitrogens with zero attached hydrogens (tertiary/aromatic N) is 2. The number of carbonyl (C=O) groups excluding carboxylic acids is 1. The zero-order chi connectivity index (χ0) is 20.0. The van der Waals surface area contributed by atoms with Crippen molar-refractivity contribution in [1.82, 2.24) is 9.62 Å². The summed E-state index contributed by atoms with van der Waals surface area (Å²) in [6, 6.07) is 14.7. The van der Waals surface area contributed by atoms with Gasteiger partial charge in [-0.25, -0.2) is 17.6 Å². The van der Waals surface area contributed by atoms with E-state index in [1.165, 1.54) is 16.4 Å². The van der Waals surface area contributed by atoms with Gasteiger partial charge in [0.25, 0.3) is 0 Å². The summed E-state index contributed by atoms with van der Waals surface area (Å²) in [5.41, 5.74) is 1.51. The highest BCUT2D eigenvalue weighted by Gasteiger charge is 2.26. The molecule has 3 rings (SSSR count). The molecule has 2 amide bonds. The number of sulfonamides is 1. The van der Waals surface area contributed by atoms with Gasteiger partial charge in [0.2, 0.25) is 10.0 Å². The van der Waals surface area contributed by atoms with Crippen LogP contribution in [0.1, 0.15) is 0 Å². The van der Waals surface area contributed by atoms with Crippen LogP contribution in [0.15, 0.2) is 54.6 Å². The Balaban J connectivity index is 1.43. The summed E-state index contributed by atoms with van der Waals surface area (Å²) in [6.07, 6.45) is 0. The molecule has 1 saturated heterocycles. The summed E-state index contributed by atoms with van der Waals surface area (Å²) in [5, 5.41) is 5.21. The predicted molar refractivity (Wildman–Crippen MR) is 107 cm³/mol. The lowest BCUT2D eigenvalue weighted by Gasteiger charge is -2.35. The third-order valence-corrected chi connectivity index (χ3v) is 6.37. The van der Waals surface area contributed by atoms with Crippen LogP contribution in [0.4, 0.5) is 20.6 Å². The van der Waals surface area contributed by atoms with Crippen LogP contribution in [-0.4, -0.2) is 57.2 Å². The van der Waals surface area contributed by atoms with E-state index in [1.807, 2.05) is 11.0 Å². The Labute approximate surface area is 164 Å². The first-order chi connectivity index (χ1) is 13.4. The molecule has 1 fully saturated rings. The van der Waals surface area contributed by atoms with Crippen molar-refractivity contribution < 1.29 is 17.6 Å². The van der Waals surface area contributed by atoms with Gasteiger partial charge in [-0.3, -0.25) is 0 Å². The summed E-state index contributed by atoms with van der Waals surface area (Å²) in [5.74, 6) is -0.458. The van der Waals surface area contributed by atoms with Gasteiger partial charge < -0.3 is 15.5 Å². The fraction of sp³-hybridized carbons (Fsp3) is 0.316. The van der Waals surface area contributed by atoms with E-state index in [4.69, 9.17) is 0 Å². The monoisotopic (exact) mass is 406 g/mol. The van der Waals surface area contributed by atoms with E-state index in [0.29, 0.717) is 31.9 Å². The summed E-state index contributed by atoms with van der Waals surface area (Å²) in [7, 11) is -3.46. The number of benzene rings is 2. The van der Waals surface area contributed by atoms with Crippen LogP contribution in [0.2, 0.25) is 0 Å². The molecule has 2 aromatic rings. The molecule has 0 aromatic heterocycles. The minimum absolute atomic E-state index is 0.0270. The normalized spacial score (nSPS) is 15.2. The number of piperazine rings is 1. The van der Waals surface area contributed by atoms with E-state index in [-0.39, 0.29) is 18.1 Å². The van der Waals surface area contributed by atoms with Gasteiger partial charge in [0, 0.05) is 44.1 Å². The Bertz CT molecular complexity index is 883. The molecule has 1 heterocycles. The molecule has 2 aromatic carbocycles. The van der Waals surface area contributed by atoms with Crippen LogP contribution in [0, 0.1) is 5.82 Å². The fourth-order valence-electron chi connectivity index (χ4n) is 3.00. The topological polar surface area (TPSA) is 81.8 Å². The zero-order valence-electron chi connectivity index (χ0n) is 15.3. The molecule has 28 heavy (non-hydrogen) atoms. The van der Waals surface area contributed by atoms with Crippen LogP contribution in [0.3, 0.4) is 0 Å². The van der Waals surface area contributed by atoms with Crippen molar-refractivity contribution in [1.29, 1.82) is 0 Å². The smallest absolute Gasteiger partial charge is 0.319 e. The molecular formula is C19H23FN4O3S. The summed E-state index contributed by atoms with van der Waals surface area (Å²) in [4.78, 5) is 13.9. The molecule has 7 nitrogen and oxygen atoms in total. The maximum absolute atomic E-state index is 13.0. The molecule has 2 N–H and O–H groups in total. The molecule has 0 spiro atoms. The summed E-state index contributed by atoms with van der Waals surface area (Å²) < 4.78 is 39.5. The van der Waals surface area contributed by atoms with Crippen LogP contribution < -0.4 is 15.5 Å².